The average Bonchev–Trinajstić information content (AvgIpc) is 3.32. The molecule has 0 atom stereocenters. The highest BCUT2D eigenvalue weighted by molar-refractivity contribution is 7.20. The van der Waals surface area contributed by atoms with Crippen LogP contribution in [0.1, 0.15) is 47.3 Å². The van der Waals surface area contributed by atoms with E-state index < -0.39 is 0 Å². The molecule has 2 heterocycles. The number of amidine groups is 1. The highest BCUT2D eigenvalue weighted by Gasteiger charge is 2.21. The van der Waals surface area contributed by atoms with Crippen molar-refractivity contribution in [1.82, 2.24) is 4.90 Å². The Morgan fingerprint density at radius 3 is 2.66 bits per heavy atom. The molecule has 2 N–H and O–H groups in total. The molecule has 1 aliphatic rings. The fourth-order valence-corrected chi connectivity index (χ4v) is 5.99. The van der Waals surface area contributed by atoms with Gasteiger partial charge >= 0.3 is 0 Å². The first kappa shape index (κ1) is 23.5. The lowest BCUT2D eigenvalue weighted by Gasteiger charge is -2.32. The number of hydrogen-bond donors (Lipinski definition) is 1. The lowest BCUT2D eigenvalue weighted by molar-refractivity contribution is 0.101. The van der Waals surface area contributed by atoms with Gasteiger partial charge in [-0.15, -0.1) is 11.3 Å². The molecule has 35 heavy (non-hydrogen) atoms. The highest BCUT2D eigenvalue weighted by atomic mass is 32.1. The molecule has 1 aromatic heterocycles. The summed E-state index contributed by atoms with van der Waals surface area (Å²) < 4.78 is 7.15. The van der Waals surface area contributed by atoms with Crippen LogP contribution in [0.4, 0.5) is 0 Å². The Morgan fingerprint density at radius 1 is 1.06 bits per heavy atom. The Labute approximate surface area is 210 Å². The minimum Gasteiger partial charge on any atom is -0.493 e. The van der Waals surface area contributed by atoms with Crippen LogP contribution in [-0.2, 0) is 0 Å². The third-order valence-corrected chi connectivity index (χ3v) is 7.83. The zero-order chi connectivity index (χ0) is 24.2. The number of carbonyl (C=O) groups excluding carboxylic acids is 1. The van der Waals surface area contributed by atoms with Crippen LogP contribution >= 0.6 is 11.3 Å². The maximum absolute atomic E-state index is 12.2. The summed E-state index contributed by atoms with van der Waals surface area (Å²) in [7, 11) is 0. The third-order valence-electron chi connectivity index (χ3n) is 6.74. The number of piperidine rings is 1. The molecule has 6 heteroatoms. The molecule has 1 saturated heterocycles. The number of benzene rings is 3. The second-order valence-electron chi connectivity index (χ2n) is 9.22. The van der Waals surface area contributed by atoms with E-state index >= 15 is 0 Å². The number of hydrogen-bond acceptors (Lipinski definition) is 4. The number of likely N-dealkylation sites (tertiary alicyclic amines) is 1. The second-order valence-corrected chi connectivity index (χ2v) is 10.3. The Bertz CT molecular complexity index is 1360. The van der Waals surface area contributed by atoms with Gasteiger partial charge in [-0.25, -0.2) is 0 Å². The van der Waals surface area contributed by atoms with Gasteiger partial charge in [0, 0.05) is 16.6 Å². The second kappa shape index (κ2) is 10.6. The summed E-state index contributed by atoms with van der Waals surface area (Å²) in [5.74, 6) is 1.42. The van der Waals surface area contributed by atoms with Crippen LogP contribution in [0.2, 0.25) is 0 Å². The number of aliphatic imine (C=N–C) groups is 1. The number of carbonyl (C=O) groups is 1. The lowest BCUT2D eigenvalue weighted by atomic mass is 9.86. The van der Waals surface area contributed by atoms with Gasteiger partial charge in [-0.05, 0) is 79.7 Å². The van der Waals surface area contributed by atoms with Crippen LogP contribution in [0, 0.1) is 0 Å². The molecule has 0 spiro atoms. The molecule has 0 aliphatic carbocycles. The highest BCUT2D eigenvalue weighted by Crippen LogP contribution is 2.34. The van der Waals surface area contributed by atoms with Crippen LogP contribution in [0.5, 0.6) is 5.75 Å². The van der Waals surface area contributed by atoms with E-state index in [0.29, 0.717) is 17.4 Å². The minimum absolute atomic E-state index is 0.269. The lowest BCUT2D eigenvalue weighted by Crippen LogP contribution is -2.34. The van der Waals surface area contributed by atoms with Crippen molar-refractivity contribution in [2.45, 2.75) is 32.1 Å². The van der Waals surface area contributed by atoms with Crippen LogP contribution < -0.4 is 10.5 Å². The van der Waals surface area contributed by atoms with Crippen molar-refractivity contribution < 1.29 is 9.53 Å². The summed E-state index contributed by atoms with van der Waals surface area (Å²) >= 11 is 1.42. The third kappa shape index (κ3) is 5.39. The Hall–Kier alpha value is -3.22. The first-order valence-corrected chi connectivity index (χ1v) is 13.1. The van der Waals surface area contributed by atoms with Crippen LogP contribution in [-0.4, -0.2) is 42.9 Å². The summed E-state index contributed by atoms with van der Waals surface area (Å²) in [6.45, 7) is 5.56. The van der Waals surface area contributed by atoms with Crippen LogP contribution in [0.25, 0.3) is 20.9 Å². The van der Waals surface area contributed by atoms with Crippen molar-refractivity contribution in [1.29, 1.82) is 0 Å². The predicted molar refractivity (Wildman–Crippen MR) is 146 cm³/mol. The van der Waals surface area contributed by atoms with Crippen molar-refractivity contribution >= 4 is 43.9 Å². The van der Waals surface area contributed by atoms with Crippen molar-refractivity contribution in [3.63, 3.8) is 0 Å². The normalized spacial score (nSPS) is 15.6. The number of rotatable bonds is 7. The average molecular weight is 486 g/mol. The van der Waals surface area contributed by atoms with Gasteiger partial charge < -0.3 is 15.4 Å². The van der Waals surface area contributed by atoms with E-state index in [1.54, 1.807) is 6.92 Å². The molecule has 0 bridgehead atoms. The first-order chi connectivity index (χ1) is 17.1. The van der Waals surface area contributed by atoms with Gasteiger partial charge in [0.25, 0.3) is 5.91 Å². The van der Waals surface area contributed by atoms with E-state index in [2.05, 4.69) is 52.4 Å². The molecule has 0 unspecified atom stereocenters. The number of thiophene rings is 1. The fraction of sp³-hybridized carbons (Fsp3) is 0.310. The largest absolute Gasteiger partial charge is 0.493 e. The van der Waals surface area contributed by atoms with Crippen molar-refractivity contribution in [3.05, 3.63) is 77.2 Å². The van der Waals surface area contributed by atoms with E-state index in [9.17, 15) is 4.79 Å². The molecule has 1 amide bonds. The van der Waals surface area contributed by atoms with Gasteiger partial charge in [-0.1, -0.05) is 48.5 Å². The fourth-order valence-electron chi connectivity index (χ4n) is 5.03. The monoisotopic (exact) mass is 485 g/mol. The maximum Gasteiger partial charge on any atom is 0.288 e. The first-order valence-electron chi connectivity index (χ1n) is 12.3. The van der Waals surface area contributed by atoms with Gasteiger partial charge in [-0.3, -0.25) is 4.79 Å². The molecular weight excluding hydrogens is 454 g/mol. The molecule has 0 radical (unpaired) electrons. The zero-order valence-electron chi connectivity index (χ0n) is 20.1. The van der Waals surface area contributed by atoms with E-state index in [1.807, 2.05) is 24.3 Å². The number of fused-ring (bicyclic) bond motifs is 2. The minimum atomic E-state index is -0.302. The van der Waals surface area contributed by atoms with Crippen molar-refractivity contribution in [2.75, 3.05) is 26.2 Å². The number of amides is 1. The summed E-state index contributed by atoms with van der Waals surface area (Å²) in [6, 6.07) is 23.2. The van der Waals surface area contributed by atoms with E-state index in [4.69, 9.17) is 10.5 Å². The number of ether oxygens (including phenoxy) is 1. The molecule has 3 aromatic carbocycles. The topological polar surface area (TPSA) is 67.9 Å². The molecule has 5 nitrogen and oxygen atoms in total. The van der Waals surface area contributed by atoms with E-state index in [0.717, 1.165) is 41.9 Å². The summed E-state index contributed by atoms with van der Waals surface area (Å²) in [5, 5.41) is 3.70. The Morgan fingerprint density at radius 2 is 1.83 bits per heavy atom. The van der Waals surface area contributed by atoms with Gasteiger partial charge in [0.1, 0.15) is 11.6 Å². The number of nitrogens with two attached hydrogens (primary N) is 1. The Kier molecular flexibility index (Phi) is 7.11. The van der Waals surface area contributed by atoms with Crippen molar-refractivity contribution in [3.8, 4) is 5.75 Å². The zero-order valence-corrected chi connectivity index (χ0v) is 20.9. The molecule has 5 rings (SSSR count). The van der Waals surface area contributed by atoms with Crippen LogP contribution in [0.3, 0.4) is 0 Å². The summed E-state index contributed by atoms with van der Waals surface area (Å²) in [6.07, 6.45) is 3.37. The Balaban J connectivity index is 1.13. The van der Waals surface area contributed by atoms with Gasteiger partial charge in [-0.2, -0.15) is 4.99 Å². The quantitative estimate of drug-likeness (QED) is 0.192. The van der Waals surface area contributed by atoms with Gasteiger partial charge in [0.2, 0.25) is 0 Å². The smallest absolute Gasteiger partial charge is 0.288 e. The van der Waals surface area contributed by atoms with Gasteiger partial charge in [0.05, 0.1) is 11.5 Å². The van der Waals surface area contributed by atoms with E-state index in [-0.39, 0.29) is 11.7 Å². The van der Waals surface area contributed by atoms with E-state index in [1.165, 1.54) is 40.5 Å². The van der Waals surface area contributed by atoms with Gasteiger partial charge in [0.15, 0.2) is 0 Å². The molecule has 1 aliphatic heterocycles. The maximum atomic E-state index is 12.2. The molecule has 0 saturated carbocycles. The predicted octanol–water partition coefficient (Wildman–Crippen LogP) is 6.22. The molecule has 4 aromatic rings. The SMILES string of the molecule is CC(N)=NC(=O)c1cc2c(OCCCN3CCC(c4cccc5ccccc45)CC3)cccc2s1. The molecular formula is C29H31N3O2S. The molecule has 180 valence electrons. The summed E-state index contributed by atoms with van der Waals surface area (Å²) in [4.78, 5) is 19.2. The molecule has 1 fully saturated rings. The van der Waals surface area contributed by atoms with Crippen LogP contribution in [0.15, 0.2) is 71.7 Å². The standard InChI is InChI=1S/C29H31N3O2S/c1-20(30)31-29(33)28-19-25-26(11-5-12-27(25)35-28)34-18-6-15-32-16-13-22(14-17-32)24-10-4-8-21-7-2-3-9-23(21)24/h2-5,7-12,19,22H,6,13-18H2,1H3,(H2,30,31,33). The van der Waals surface area contributed by atoms with Crippen molar-refractivity contribution in [2.24, 2.45) is 10.7 Å². The number of nitrogens with zero attached hydrogens (tertiary/aromatic N) is 2. The summed E-state index contributed by atoms with van der Waals surface area (Å²) in [5.41, 5.74) is 7.06.